The predicted molar refractivity (Wildman–Crippen MR) is 94.2 cm³/mol. The van der Waals surface area contributed by atoms with Gasteiger partial charge < -0.3 is 4.90 Å². The summed E-state index contributed by atoms with van der Waals surface area (Å²) in [7, 11) is 0. The van der Waals surface area contributed by atoms with Gasteiger partial charge in [0.2, 0.25) is 0 Å². The van der Waals surface area contributed by atoms with Gasteiger partial charge in [-0.3, -0.25) is 4.79 Å². The normalized spacial score (nSPS) is 10.7. The molecule has 0 saturated carbocycles. The van der Waals surface area contributed by atoms with Crippen molar-refractivity contribution < 1.29 is 4.79 Å². The molecule has 108 valence electrons. The summed E-state index contributed by atoms with van der Waals surface area (Å²) in [6.45, 7) is 1.30. The number of hydrogen-bond acceptors (Lipinski definition) is 4. The number of halogens is 1. The van der Waals surface area contributed by atoms with Crippen LogP contribution in [-0.2, 0) is 13.1 Å². The summed E-state index contributed by atoms with van der Waals surface area (Å²) in [5.74, 6) is 0.0821. The maximum Gasteiger partial charge on any atom is 0.265 e. The average Bonchev–Trinajstić information content (AvgIpc) is 3.19. The van der Waals surface area contributed by atoms with Gasteiger partial charge in [0.25, 0.3) is 5.91 Å². The van der Waals surface area contributed by atoms with Crippen molar-refractivity contribution in [1.82, 2.24) is 4.90 Å². The van der Waals surface area contributed by atoms with Crippen molar-refractivity contribution in [3.63, 3.8) is 0 Å². The second-order valence-electron chi connectivity index (χ2n) is 4.42. The molecule has 3 aromatic rings. The van der Waals surface area contributed by atoms with Crippen molar-refractivity contribution in [3.05, 3.63) is 65.6 Å². The van der Waals surface area contributed by atoms with Crippen molar-refractivity contribution in [3.8, 4) is 0 Å². The van der Waals surface area contributed by atoms with Crippen LogP contribution in [0.5, 0.6) is 0 Å². The number of thiophene rings is 3. The number of amides is 1. The lowest BCUT2D eigenvalue weighted by molar-refractivity contribution is 0.0737. The van der Waals surface area contributed by atoms with Crippen LogP contribution >= 0.6 is 49.9 Å². The fraction of sp³-hybridized carbons (Fsp3) is 0.133. The summed E-state index contributed by atoms with van der Waals surface area (Å²) in [6, 6.07) is 10.1. The zero-order chi connectivity index (χ0) is 14.7. The molecule has 1 amide bonds. The SMILES string of the molecule is O=C(c1sccc1Br)N(Cc1cccs1)Cc1cccs1. The first-order valence-electron chi connectivity index (χ1n) is 6.31. The fourth-order valence-corrected chi connectivity index (χ4v) is 4.92. The van der Waals surface area contributed by atoms with Crippen molar-refractivity contribution in [2.75, 3.05) is 0 Å². The Hall–Kier alpha value is -0.950. The third-order valence-corrected chi connectivity index (χ3v) is 6.50. The second kappa shape index (κ2) is 6.87. The van der Waals surface area contributed by atoms with Crippen molar-refractivity contribution >= 4 is 55.8 Å². The van der Waals surface area contributed by atoms with Crippen LogP contribution in [0.4, 0.5) is 0 Å². The highest BCUT2D eigenvalue weighted by Crippen LogP contribution is 2.26. The minimum atomic E-state index is 0.0821. The van der Waals surface area contributed by atoms with Gasteiger partial charge in [-0.25, -0.2) is 0 Å². The van der Waals surface area contributed by atoms with Crippen LogP contribution in [0.3, 0.4) is 0 Å². The molecule has 0 fully saturated rings. The third kappa shape index (κ3) is 3.63. The first-order chi connectivity index (χ1) is 10.2. The summed E-state index contributed by atoms with van der Waals surface area (Å²) >= 11 is 8.31. The average molecular weight is 398 g/mol. The summed E-state index contributed by atoms with van der Waals surface area (Å²) in [4.78, 5) is 17.9. The molecule has 0 aliphatic carbocycles. The quantitative estimate of drug-likeness (QED) is 0.558. The molecular formula is C15H12BrNOS3. The summed E-state index contributed by atoms with van der Waals surface area (Å²) in [5.41, 5.74) is 0. The lowest BCUT2D eigenvalue weighted by Gasteiger charge is -2.21. The van der Waals surface area contributed by atoms with Crippen LogP contribution < -0.4 is 0 Å². The third-order valence-electron chi connectivity index (χ3n) is 2.95. The Morgan fingerprint density at radius 3 is 2.00 bits per heavy atom. The number of rotatable bonds is 5. The van der Waals surface area contributed by atoms with Gasteiger partial charge in [0, 0.05) is 14.2 Å². The Morgan fingerprint density at radius 2 is 1.57 bits per heavy atom. The highest BCUT2D eigenvalue weighted by Gasteiger charge is 2.20. The number of hydrogen-bond donors (Lipinski definition) is 0. The van der Waals surface area contributed by atoms with Crippen LogP contribution in [-0.4, -0.2) is 10.8 Å². The molecule has 6 heteroatoms. The van der Waals surface area contributed by atoms with Gasteiger partial charge in [-0.15, -0.1) is 34.0 Å². The molecule has 21 heavy (non-hydrogen) atoms. The molecule has 0 N–H and O–H groups in total. The number of carbonyl (C=O) groups excluding carboxylic acids is 1. The molecule has 0 aliphatic heterocycles. The Bertz CT molecular complexity index is 667. The van der Waals surface area contributed by atoms with Gasteiger partial charge in [-0.05, 0) is 50.3 Å². The molecule has 0 spiro atoms. The summed E-state index contributed by atoms with van der Waals surface area (Å²) in [5, 5.41) is 6.03. The molecule has 0 aromatic carbocycles. The number of carbonyl (C=O) groups is 1. The molecule has 2 nitrogen and oxygen atoms in total. The van der Waals surface area contributed by atoms with Gasteiger partial charge in [-0.1, -0.05) is 12.1 Å². The monoisotopic (exact) mass is 397 g/mol. The molecular weight excluding hydrogens is 386 g/mol. The van der Waals surface area contributed by atoms with E-state index in [0.29, 0.717) is 13.1 Å². The summed E-state index contributed by atoms with van der Waals surface area (Å²) < 4.78 is 0.875. The zero-order valence-electron chi connectivity index (χ0n) is 11.0. The van der Waals surface area contributed by atoms with E-state index in [-0.39, 0.29) is 5.91 Å². The molecule has 3 rings (SSSR count). The molecule has 3 heterocycles. The maximum absolute atomic E-state index is 12.8. The van der Waals surface area contributed by atoms with Crippen LogP contribution in [0.15, 0.2) is 50.9 Å². The van der Waals surface area contributed by atoms with Crippen LogP contribution in [0.25, 0.3) is 0 Å². The van der Waals surface area contributed by atoms with Crippen molar-refractivity contribution in [2.45, 2.75) is 13.1 Å². The first-order valence-corrected chi connectivity index (χ1v) is 9.74. The smallest absolute Gasteiger partial charge is 0.265 e. The molecule has 0 aliphatic rings. The van der Waals surface area contributed by atoms with Crippen molar-refractivity contribution in [2.24, 2.45) is 0 Å². The molecule has 0 saturated heterocycles. The van der Waals surface area contributed by atoms with Gasteiger partial charge in [-0.2, -0.15) is 0 Å². The predicted octanol–water partition coefficient (Wildman–Crippen LogP) is 5.48. The minimum absolute atomic E-state index is 0.0821. The van der Waals surface area contributed by atoms with E-state index in [2.05, 4.69) is 28.1 Å². The Labute approximate surface area is 143 Å². The molecule has 0 unspecified atom stereocenters. The highest BCUT2D eigenvalue weighted by molar-refractivity contribution is 9.10. The molecule has 3 aromatic heterocycles. The van der Waals surface area contributed by atoms with E-state index in [9.17, 15) is 4.79 Å². The van der Waals surface area contributed by atoms with Gasteiger partial charge >= 0.3 is 0 Å². The van der Waals surface area contributed by atoms with E-state index < -0.39 is 0 Å². The van der Waals surface area contributed by atoms with Crippen LogP contribution in [0, 0.1) is 0 Å². The van der Waals surface area contributed by atoms with E-state index >= 15 is 0 Å². The van der Waals surface area contributed by atoms with E-state index in [1.165, 1.54) is 21.1 Å². The van der Waals surface area contributed by atoms with Gasteiger partial charge in [0.1, 0.15) is 4.88 Å². The summed E-state index contributed by atoms with van der Waals surface area (Å²) in [6.07, 6.45) is 0. The Kier molecular flexibility index (Phi) is 4.90. The maximum atomic E-state index is 12.8. The fourth-order valence-electron chi connectivity index (χ4n) is 1.97. The Morgan fingerprint density at radius 1 is 0.952 bits per heavy atom. The van der Waals surface area contributed by atoms with Crippen LogP contribution in [0.1, 0.15) is 19.4 Å². The van der Waals surface area contributed by atoms with E-state index in [1.807, 2.05) is 39.2 Å². The van der Waals surface area contributed by atoms with E-state index in [1.54, 1.807) is 22.7 Å². The standard InChI is InChI=1S/C15H12BrNOS3/c16-13-5-8-21-14(13)15(18)17(9-11-3-1-6-19-11)10-12-4-2-7-20-12/h1-8H,9-10H2. The zero-order valence-corrected chi connectivity index (χ0v) is 15.0. The Balaban J connectivity index is 1.84. The topological polar surface area (TPSA) is 20.3 Å². The van der Waals surface area contributed by atoms with Gasteiger partial charge in [0.05, 0.1) is 13.1 Å². The first kappa shape index (κ1) is 15.0. The highest BCUT2D eigenvalue weighted by atomic mass is 79.9. The van der Waals surface area contributed by atoms with Crippen molar-refractivity contribution in [1.29, 1.82) is 0 Å². The minimum Gasteiger partial charge on any atom is -0.328 e. The molecule has 0 radical (unpaired) electrons. The van der Waals surface area contributed by atoms with Crippen LogP contribution in [0.2, 0.25) is 0 Å². The number of nitrogens with zero attached hydrogens (tertiary/aromatic N) is 1. The second-order valence-corrected chi connectivity index (χ2v) is 8.25. The van der Waals surface area contributed by atoms with E-state index in [0.717, 1.165) is 9.35 Å². The lowest BCUT2D eigenvalue weighted by Crippen LogP contribution is -2.29. The lowest BCUT2D eigenvalue weighted by atomic mass is 10.3. The molecule has 0 bridgehead atoms. The molecule has 0 atom stereocenters. The van der Waals surface area contributed by atoms with Gasteiger partial charge in [0.15, 0.2) is 0 Å². The largest absolute Gasteiger partial charge is 0.328 e. The van der Waals surface area contributed by atoms with E-state index in [4.69, 9.17) is 0 Å².